The van der Waals surface area contributed by atoms with Crippen LogP contribution in [0.1, 0.15) is 15.9 Å². The predicted octanol–water partition coefficient (Wildman–Crippen LogP) is 1.04. The molecule has 2 rings (SSSR count). The Balaban J connectivity index is 2.11. The van der Waals surface area contributed by atoms with Crippen molar-refractivity contribution in [2.75, 3.05) is 7.11 Å². The fraction of sp³-hybridized carbons (Fsp3) is 0.167. The van der Waals surface area contributed by atoms with Crippen LogP contribution in [0.25, 0.3) is 0 Å². The highest BCUT2D eigenvalue weighted by Crippen LogP contribution is 2.12. The zero-order valence-corrected chi connectivity index (χ0v) is 9.46. The average Bonchev–Trinajstić information content (AvgIpc) is 2.79. The SMILES string of the molecule is COc1ccc(Cn2cc(C(N)=O)cn2)cc1. The molecule has 0 saturated heterocycles. The molecule has 17 heavy (non-hydrogen) atoms. The number of methoxy groups -OCH3 is 1. The first-order chi connectivity index (χ1) is 8.19. The zero-order chi connectivity index (χ0) is 12.3. The smallest absolute Gasteiger partial charge is 0.251 e. The van der Waals surface area contributed by atoms with Crippen molar-refractivity contribution in [1.82, 2.24) is 9.78 Å². The first kappa shape index (κ1) is 11.2. The number of benzene rings is 1. The molecule has 0 aliphatic heterocycles. The Morgan fingerprint density at radius 2 is 2.12 bits per heavy atom. The lowest BCUT2D eigenvalue weighted by atomic mass is 10.2. The van der Waals surface area contributed by atoms with E-state index in [0.717, 1.165) is 11.3 Å². The van der Waals surface area contributed by atoms with Gasteiger partial charge in [0, 0.05) is 6.20 Å². The Labute approximate surface area is 98.8 Å². The lowest BCUT2D eigenvalue weighted by Gasteiger charge is -2.03. The maximum atomic E-state index is 10.9. The van der Waals surface area contributed by atoms with Crippen LogP contribution in [0.2, 0.25) is 0 Å². The number of hydrogen-bond acceptors (Lipinski definition) is 3. The van der Waals surface area contributed by atoms with Gasteiger partial charge >= 0.3 is 0 Å². The molecule has 5 heteroatoms. The maximum absolute atomic E-state index is 10.9. The largest absolute Gasteiger partial charge is 0.497 e. The molecule has 2 aromatic rings. The van der Waals surface area contributed by atoms with Gasteiger partial charge < -0.3 is 10.5 Å². The molecule has 0 unspecified atom stereocenters. The van der Waals surface area contributed by atoms with E-state index >= 15 is 0 Å². The third-order valence-corrected chi connectivity index (χ3v) is 2.42. The highest BCUT2D eigenvalue weighted by Gasteiger charge is 2.04. The van der Waals surface area contributed by atoms with Gasteiger partial charge in [-0.3, -0.25) is 9.48 Å². The van der Waals surface area contributed by atoms with Crippen molar-refractivity contribution >= 4 is 5.91 Å². The summed E-state index contributed by atoms with van der Waals surface area (Å²) in [6, 6.07) is 7.66. The van der Waals surface area contributed by atoms with Crippen molar-refractivity contribution in [3.8, 4) is 5.75 Å². The molecule has 5 nitrogen and oxygen atoms in total. The molecule has 0 radical (unpaired) electrons. The molecule has 0 saturated carbocycles. The van der Waals surface area contributed by atoms with Crippen molar-refractivity contribution in [2.24, 2.45) is 5.73 Å². The van der Waals surface area contributed by atoms with Crippen molar-refractivity contribution in [3.63, 3.8) is 0 Å². The van der Waals surface area contributed by atoms with E-state index in [1.807, 2.05) is 24.3 Å². The molecule has 1 aromatic carbocycles. The summed E-state index contributed by atoms with van der Waals surface area (Å²) < 4.78 is 6.74. The Morgan fingerprint density at radius 1 is 1.41 bits per heavy atom. The molecule has 0 bridgehead atoms. The summed E-state index contributed by atoms with van der Waals surface area (Å²) in [6.07, 6.45) is 3.10. The number of carbonyl (C=O) groups is 1. The average molecular weight is 231 g/mol. The molecule has 0 aliphatic carbocycles. The molecule has 0 fully saturated rings. The van der Waals surface area contributed by atoms with Gasteiger partial charge in [0.15, 0.2) is 0 Å². The van der Waals surface area contributed by atoms with E-state index in [4.69, 9.17) is 10.5 Å². The van der Waals surface area contributed by atoms with Crippen molar-refractivity contribution in [1.29, 1.82) is 0 Å². The fourth-order valence-electron chi connectivity index (χ4n) is 1.50. The minimum atomic E-state index is -0.467. The first-order valence-electron chi connectivity index (χ1n) is 5.14. The van der Waals surface area contributed by atoms with Crippen LogP contribution in [0.4, 0.5) is 0 Å². The summed E-state index contributed by atoms with van der Waals surface area (Å²) >= 11 is 0. The molecule has 88 valence electrons. The molecular weight excluding hydrogens is 218 g/mol. The Morgan fingerprint density at radius 3 is 2.65 bits per heavy atom. The Kier molecular flexibility index (Phi) is 3.09. The molecule has 0 atom stereocenters. The quantitative estimate of drug-likeness (QED) is 0.854. The van der Waals surface area contributed by atoms with E-state index in [-0.39, 0.29) is 0 Å². The third kappa shape index (κ3) is 2.63. The van der Waals surface area contributed by atoms with E-state index in [9.17, 15) is 4.79 Å². The van der Waals surface area contributed by atoms with E-state index in [1.165, 1.54) is 6.20 Å². The van der Waals surface area contributed by atoms with Crippen LogP contribution in [-0.4, -0.2) is 22.8 Å². The van der Waals surface area contributed by atoms with Crippen molar-refractivity contribution < 1.29 is 9.53 Å². The van der Waals surface area contributed by atoms with E-state index in [1.54, 1.807) is 18.0 Å². The molecule has 1 heterocycles. The van der Waals surface area contributed by atoms with Crippen LogP contribution >= 0.6 is 0 Å². The second kappa shape index (κ2) is 4.69. The number of rotatable bonds is 4. The molecule has 2 N–H and O–H groups in total. The summed E-state index contributed by atoms with van der Waals surface area (Å²) in [5, 5.41) is 4.06. The second-order valence-electron chi connectivity index (χ2n) is 3.64. The molecular formula is C12H13N3O2. The summed E-state index contributed by atoms with van der Waals surface area (Å²) in [4.78, 5) is 10.9. The number of amides is 1. The highest BCUT2D eigenvalue weighted by atomic mass is 16.5. The van der Waals surface area contributed by atoms with Gasteiger partial charge in [0.25, 0.3) is 5.91 Å². The van der Waals surface area contributed by atoms with Crippen LogP contribution in [0, 0.1) is 0 Å². The molecule has 0 aliphatic rings. The van der Waals surface area contributed by atoms with Gasteiger partial charge in [-0.25, -0.2) is 0 Å². The number of hydrogen-bond donors (Lipinski definition) is 1. The van der Waals surface area contributed by atoms with E-state index in [0.29, 0.717) is 12.1 Å². The van der Waals surface area contributed by atoms with Gasteiger partial charge in [-0.2, -0.15) is 5.10 Å². The van der Waals surface area contributed by atoms with Gasteiger partial charge in [-0.15, -0.1) is 0 Å². The lowest BCUT2D eigenvalue weighted by molar-refractivity contribution is 0.1000. The van der Waals surface area contributed by atoms with E-state index < -0.39 is 5.91 Å². The van der Waals surface area contributed by atoms with Gasteiger partial charge in [0.2, 0.25) is 0 Å². The van der Waals surface area contributed by atoms with Gasteiger partial charge in [0.05, 0.1) is 25.4 Å². The van der Waals surface area contributed by atoms with Crippen LogP contribution in [0.15, 0.2) is 36.7 Å². The standard InChI is InChI=1S/C12H13N3O2/c1-17-11-4-2-9(3-5-11)7-15-8-10(6-14-15)12(13)16/h2-6,8H,7H2,1H3,(H2,13,16). The van der Waals surface area contributed by atoms with Gasteiger partial charge in [-0.05, 0) is 17.7 Å². The minimum Gasteiger partial charge on any atom is -0.497 e. The molecule has 1 amide bonds. The number of aromatic nitrogens is 2. The monoisotopic (exact) mass is 231 g/mol. The lowest BCUT2D eigenvalue weighted by Crippen LogP contribution is -2.09. The normalized spacial score (nSPS) is 10.2. The third-order valence-electron chi connectivity index (χ3n) is 2.42. The van der Waals surface area contributed by atoms with Crippen molar-refractivity contribution in [2.45, 2.75) is 6.54 Å². The Hall–Kier alpha value is -2.30. The zero-order valence-electron chi connectivity index (χ0n) is 9.46. The summed E-state index contributed by atoms with van der Waals surface area (Å²) in [6.45, 7) is 0.595. The number of primary amides is 1. The number of ether oxygens (including phenoxy) is 1. The van der Waals surface area contributed by atoms with Crippen molar-refractivity contribution in [3.05, 3.63) is 47.8 Å². The number of nitrogens with two attached hydrogens (primary N) is 1. The predicted molar refractivity (Wildman–Crippen MR) is 62.8 cm³/mol. The molecule has 1 aromatic heterocycles. The number of carbonyl (C=O) groups excluding carboxylic acids is 1. The van der Waals surface area contributed by atoms with Crippen LogP contribution in [0.3, 0.4) is 0 Å². The molecule has 0 spiro atoms. The summed E-state index contributed by atoms with van der Waals surface area (Å²) in [5.41, 5.74) is 6.64. The summed E-state index contributed by atoms with van der Waals surface area (Å²) in [5.74, 6) is 0.345. The minimum absolute atomic E-state index is 0.415. The highest BCUT2D eigenvalue weighted by molar-refractivity contribution is 5.92. The summed E-state index contributed by atoms with van der Waals surface area (Å²) in [7, 11) is 1.63. The van der Waals surface area contributed by atoms with Gasteiger partial charge in [-0.1, -0.05) is 12.1 Å². The first-order valence-corrected chi connectivity index (χ1v) is 5.14. The second-order valence-corrected chi connectivity index (χ2v) is 3.64. The fourth-order valence-corrected chi connectivity index (χ4v) is 1.50. The van der Waals surface area contributed by atoms with Crippen LogP contribution < -0.4 is 10.5 Å². The van der Waals surface area contributed by atoms with Gasteiger partial charge in [0.1, 0.15) is 5.75 Å². The maximum Gasteiger partial charge on any atom is 0.251 e. The number of nitrogens with zero attached hydrogens (tertiary/aromatic N) is 2. The Bertz CT molecular complexity index is 517. The van der Waals surface area contributed by atoms with Crippen LogP contribution in [0.5, 0.6) is 5.75 Å². The topological polar surface area (TPSA) is 70.1 Å². The van der Waals surface area contributed by atoms with Crippen LogP contribution in [-0.2, 0) is 6.54 Å². The van der Waals surface area contributed by atoms with E-state index in [2.05, 4.69) is 5.10 Å².